The molecule has 0 unspecified atom stereocenters. The number of carbonyl (C=O) groups excluding carboxylic acids is 3. The van der Waals surface area contributed by atoms with Gasteiger partial charge in [-0.3, -0.25) is 4.79 Å². The molecule has 1 amide bonds. The predicted molar refractivity (Wildman–Crippen MR) is 127 cm³/mol. The Kier molecular flexibility index (Phi) is 6.94. The molecule has 2 heterocycles. The highest BCUT2D eigenvalue weighted by molar-refractivity contribution is 8.00. The molecule has 1 N–H and O–H groups in total. The smallest absolute Gasteiger partial charge is 0.337 e. The number of anilines is 1. The average Bonchev–Trinajstić information content (AvgIpc) is 3.19. The minimum atomic E-state index is -0.619. The van der Waals surface area contributed by atoms with Crippen molar-refractivity contribution in [3.63, 3.8) is 0 Å². The summed E-state index contributed by atoms with van der Waals surface area (Å²) in [6.45, 7) is 1.86. The van der Waals surface area contributed by atoms with E-state index in [4.69, 9.17) is 9.47 Å². The molecule has 4 rings (SSSR count). The van der Waals surface area contributed by atoms with Gasteiger partial charge in [0.2, 0.25) is 5.91 Å². The number of nitrogens with one attached hydrogen (secondary N) is 1. The topological polar surface area (TPSA) is 107 Å². The number of methoxy groups -OCH3 is 2. The summed E-state index contributed by atoms with van der Waals surface area (Å²) in [5, 5.41) is 4.63. The highest BCUT2D eigenvalue weighted by Gasteiger charge is 2.21. The zero-order chi connectivity index (χ0) is 23.5. The van der Waals surface area contributed by atoms with Crippen LogP contribution >= 0.6 is 23.1 Å². The lowest BCUT2D eigenvalue weighted by Crippen LogP contribution is -2.16. The molecule has 0 saturated heterocycles. The molecule has 3 aromatic rings. The molecule has 33 heavy (non-hydrogen) atoms. The van der Waals surface area contributed by atoms with Crippen LogP contribution in [0.3, 0.4) is 0 Å². The highest BCUT2D eigenvalue weighted by Crippen LogP contribution is 2.39. The number of rotatable bonds is 6. The van der Waals surface area contributed by atoms with Gasteiger partial charge < -0.3 is 14.8 Å². The first-order valence-electron chi connectivity index (χ1n) is 10.4. The number of nitrogens with zero attached hydrogens (tertiary/aromatic N) is 2. The summed E-state index contributed by atoms with van der Waals surface area (Å²) >= 11 is 3.08. The minimum absolute atomic E-state index is 0.117. The number of thioether (sulfide) groups is 1. The zero-order valence-electron chi connectivity index (χ0n) is 18.5. The number of fused-ring (bicyclic) bond motifs is 3. The third-order valence-electron chi connectivity index (χ3n) is 5.29. The van der Waals surface area contributed by atoms with Crippen molar-refractivity contribution >= 4 is 56.8 Å². The van der Waals surface area contributed by atoms with Crippen LogP contribution in [0.2, 0.25) is 0 Å². The van der Waals surface area contributed by atoms with Crippen molar-refractivity contribution in [2.45, 2.75) is 37.6 Å². The summed E-state index contributed by atoms with van der Waals surface area (Å²) in [6, 6.07) is 4.29. The summed E-state index contributed by atoms with van der Waals surface area (Å²) in [4.78, 5) is 48.2. The van der Waals surface area contributed by atoms with Crippen molar-refractivity contribution in [2.75, 3.05) is 25.3 Å². The van der Waals surface area contributed by atoms with Crippen LogP contribution in [-0.2, 0) is 27.1 Å². The van der Waals surface area contributed by atoms with E-state index >= 15 is 0 Å². The van der Waals surface area contributed by atoms with E-state index in [1.165, 1.54) is 61.0 Å². The summed E-state index contributed by atoms with van der Waals surface area (Å²) in [5.41, 5.74) is 1.90. The zero-order valence-corrected chi connectivity index (χ0v) is 20.2. The molecule has 8 nitrogen and oxygen atoms in total. The molecule has 10 heteroatoms. The van der Waals surface area contributed by atoms with E-state index in [2.05, 4.69) is 15.3 Å². The Balaban J connectivity index is 1.54. The lowest BCUT2D eigenvalue weighted by molar-refractivity contribution is -0.113. The quantitative estimate of drug-likeness (QED) is 0.315. The number of ether oxygens (including phenoxy) is 2. The molecule has 0 radical (unpaired) electrons. The van der Waals surface area contributed by atoms with E-state index in [1.54, 1.807) is 11.3 Å². The Morgan fingerprint density at radius 3 is 2.36 bits per heavy atom. The number of thiophene rings is 1. The first kappa shape index (κ1) is 23.2. The standard InChI is InChI=1S/C23H23N3O5S2/c1-12-24-20(19-16-6-4-5-7-17(16)33-21(19)25-12)32-11-18(27)26-15-9-13(22(28)30-2)8-14(10-15)23(29)31-3/h8-10H,4-7,11H2,1-3H3,(H,26,27). The monoisotopic (exact) mass is 485 g/mol. The van der Waals surface area contributed by atoms with Gasteiger partial charge in [0.25, 0.3) is 0 Å². The number of carbonyl (C=O) groups is 3. The first-order chi connectivity index (χ1) is 15.9. The lowest BCUT2D eigenvalue weighted by Gasteiger charge is -2.12. The number of aromatic nitrogens is 2. The Morgan fingerprint density at radius 2 is 1.70 bits per heavy atom. The Hall–Kier alpha value is -2.98. The number of hydrogen-bond acceptors (Lipinski definition) is 9. The summed E-state index contributed by atoms with van der Waals surface area (Å²) < 4.78 is 9.48. The Labute approximate surface area is 199 Å². The van der Waals surface area contributed by atoms with Crippen molar-refractivity contribution < 1.29 is 23.9 Å². The van der Waals surface area contributed by atoms with Gasteiger partial charge in [0.15, 0.2) is 0 Å². The normalized spacial score (nSPS) is 12.8. The van der Waals surface area contributed by atoms with E-state index < -0.39 is 11.9 Å². The number of benzene rings is 1. The molecular formula is C23H23N3O5S2. The van der Waals surface area contributed by atoms with Crippen molar-refractivity contribution in [1.29, 1.82) is 0 Å². The van der Waals surface area contributed by atoms with Crippen molar-refractivity contribution in [3.05, 3.63) is 45.6 Å². The fourth-order valence-corrected chi connectivity index (χ4v) is 6.10. The van der Waals surface area contributed by atoms with Crippen LogP contribution in [0.5, 0.6) is 0 Å². The van der Waals surface area contributed by atoms with Crippen molar-refractivity contribution in [1.82, 2.24) is 9.97 Å². The minimum Gasteiger partial charge on any atom is -0.465 e. The SMILES string of the molecule is COC(=O)c1cc(NC(=O)CSc2nc(C)nc3sc4c(c23)CCCC4)cc(C(=O)OC)c1. The molecule has 1 aliphatic carbocycles. The van der Waals surface area contributed by atoms with Crippen LogP contribution in [0.4, 0.5) is 5.69 Å². The number of esters is 2. The summed E-state index contributed by atoms with van der Waals surface area (Å²) in [6.07, 6.45) is 4.42. The Bertz CT molecular complexity index is 1220. The molecule has 1 aromatic carbocycles. The average molecular weight is 486 g/mol. The van der Waals surface area contributed by atoms with E-state index in [9.17, 15) is 14.4 Å². The molecule has 0 atom stereocenters. The van der Waals surface area contributed by atoms with Crippen LogP contribution in [0, 0.1) is 6.92 Å². The van der Waals surface area contributed by atoms with Crippen LogP contribution in [0.1, 0.15) is 49.8 Å². The van der Waals surface area contributed by atoms with Crippen LogP contribution < -0.4 is 5.32 Å². The van der Waals surface area contributed by atoms with Gasteiger partial charge in [0, 0.05) is 16.0 Å². The fourth-order valence-electron chi connectivity index (χ4n) is 3.83. The molecule has 172 valence electrons. The second kappa shape index (κ2) is 9.88. The second-order valence-electron chi connectivity index (χ2n) is 7.59. The maximum Gasteiger partial charge on any atom is 0.337 e. The second-order valence-corrected chi connectivity index (χ2v) is 9.63. The van der Waals surface area contributed by atoms with Gasteiger partial charge in [0.1, 0.15) is 15.7 Å². The van der Waals surface area contributed by atoms with E-state index in [-0.39, 0.29) is 22.8 Å². The molecule has 0 spiro atoms. The molecule has 2 aromatic heterocycles. The van der Waals surface area contributed by atoms with Crippen molar-refractivity contribution in [2.24, 2.45) is 0 Å². The Morgan fingerprint density at radius 1 is 1.03 bits per heavy atom. The molecule has 1 aliphatic rings. The van der Waals surface area contributed by atoms with Gasteiger partial charge in [-0.2, -0.15) is 0 Å². The van der Waals surface area contributed by atoms with Gasteiger partial charge >= 0.3 is 11.9 Å². The van der Waals surface area contributed by atoms with Gasteiger partial charge in [-0.05, 0) is 56.4 Å². The van der Waals surface area contributed by atoms with E-state index in [0.29, 0.717) is 11.5 Å². The third-order valence-corrected chi connectivity index (χ3v) is 7.45. The third kappa shape index (κ3) is 5.01. The predicted octanol–water partition coefficient (Wildman–Crippen LogP) is 4.18. The molecular weight excluding hydrogens is 462 g/mol. The molecule has 0 aliphatic heterocycles. The summed E-state index contributed by atoms with van der Waals surface area (Å²) in [5.74, 6) is -0.728. The number of hydrogen-bond donors (Lipinski definition) is 1. The van der Waals surface area contributed by atoms with Gasteiger partial charge in [-0.1, -0.05) is 11.8 Å². The number of amides is 1. The summed E-state index contributed by atoms with van der Waals surface area (Å²) in [7, 11) is 2.49. The van der Waals surface area contributed by atoms with Crippen LogP contribution in [-0.4, -0.2) is 47.8 Å². The van der Waals surface area contributed by atoms with Gasteiger partial charge in [-0.15, -0.1) is 11.3 Å². The first-order valence-corrected chi connectivity index (χ1v) is 12.2. The van der Waals surface area contributed by atoms with E-state index in [0.717, 1.165) is 34.5 Å². The molecule has 0 bridgehead atoms. The highest BCUT2D eigenvalue weighted by atomic mass is 32.2. The molecule has 0 saturated carbocycles. The maximum atomic E-state index is 12.7. The largest absolute Gasteiger partial charge is 0.465 e. The number of aryl methyl sites for hydroxylation is 3. The lowest BCUT2D eigenvalue weighted by atomic mass is 9.97. The fraction of sp³-hybridized carbons (Fsp3) is 0.348. The maximum absolute atomic E-state index is 12.7. The van der Waals surface area contributed by atoms with Crippen LogP contribution in [0.25, 0.3) is 10.2 Å². The molecule has 0 fully saturated rings. The van der Waals surface area contributed by atoms with Gasteiger partial charge in [-0.25, -0.2) is 19.6 Å². The van der Waals surface area contributed by atoms with Crippen molar-refractivity contribution in [3.8, 4) is 0 Å². The van der Waals surface area contributed by atoms with Crippen LogP contribution in [0.15, 0.2) is 23.2 Å². The van der Waals surface area contributed by atoms with Gasteiger partial charge in [0.05, 0.1) is 31.1 Å². The van der Waals surface area contributed by atoms with E-state index in [1.807, 2.05) is 6.92 Å².